The van der Waals surface area contributed by atoms with Gasteiger partial charge in [-0.1, -0.05) is 0 Å². The van der Waals surface area contributed by atoms with E-state index >= 15 is 0 Å². The van der Waals surface area contributed by atoms with Crippen LogP contribution in [0.5, 0.6) is 0 Å². The minimum Gasteiger partial charge on any atom is -0.351 e. The summed E-state index contributed by atoms with van der Waals surface area (Å²) >= 11 is 0. The molecule has 1 rings (SSSR count). The third kappa shape index (κ3) is 2.18. The van der Waals surface area contributed by atoms with E-state index in [0.717, 1.165) is 6.26 Å². The van der Waals surface area contributed by atoms with Crippen LogP contribution in [-0.4, -0.2) is 44.0 Å². The van der Waals surface area contributed by atoms with Crippen LogP contribution in [-0.2, 0) is 14.8 Å². The maximum Gasteiger partial charge on any atom is 0.217 e. The fourth-order valence-electron chi connectivity index (χ4n) is 1.09. The molecular weight excluding hydrogens is 180 g/mol. The van der Waals surface area contributed by atoms with E-state index in [-0.39, 0.29) is 11.9 Å². The van der Waals surface area contributed by atoms with Gasteiger partial charge < -0.3 is 5.32 Å². The van der Waals surface area contributed by atoms with Crippen LogP contribution >= 0.6 is 0 Å². The Morgan fingerprint density at radius 1 is 1.50 bits per heavy atom. The first-order chi connectivity index (χ1) is 5.39. The van der Waals surface area contributed by atoms with Crippen molar-refractivity contribution in [3.05, 3.63) is 0 Å². The highest BCUT2D eigenvalue weighted by atomic mass is 32.2. The molecule has 0 aromatic rings. The van der Waals surface area contributed by atoms with E-state index in [9.17, 15) is 13.2 Å². The highest BCUT2D eigenvalue weighted by Gasteiger charge is 2.33. The van der Waals surface area contributed by atoms with Crippen LogP contribution in [0.25, 0.3) is 0 Å². The van der Waals surface area contributed by atoms with Crippen LogP contribution in [0.3, 0.4) is 0 Å². The van der Waals surface area contributed by atoms with Gasteiger partial charge in [0.2, 0.25) is 15.9 Å². The lowest BCUT2D eigenvalue weighted by Gasteiger charge is -2.37. The summed E-state index contributed by atoms with van der Waals surface area (Å²) in [5.41, 5.74) is 0. The molecule has 0 saturated carbocycles. The van der Waals surface area contributed by atoms with E-state index in [2.05, 4.69) is 5.32 Å². The van der Waals surface area contributed by atoms with Crippen molar-refractivity contribution in [2.75, 3.05) is 19.3 Å². The van der Waals surface area contributed by atoms with Gasteiger partial charge >= 0.3 is 0 Å². The van der Waals surface area contributed by atoms with Crippen molar-refractivity contribution in [1.29, 1.82) is 0 Å². The summed E-state index contributed by atoms with van der Waals surface area (Å²) in [5, 5.41) is 2.64. The summed E-state index contributed by atoms with van der Waals surface area (Å²) in [5.74, 6) is -0.117. The third-order valence-corrected chi connectivity index (χ3v) is 2.96. The summed E-state index contributed by atoms with van der Waals surface area (Å²) in [6, 6.07) is -0.00257. The Balaban J connectivity index is 2.34. The average molecular weight is 192 g/mol. The molecule has 0 aromatic heterocycles. The van der Waals surface area contributed by atoms with Gasteiger partial charge in [-0.15, -0.1) is 0 Å². The molecule has 12 heavy (non-hydrogen) atoms. The Morgan fingerprint density at radius 2 is 2.00 bits per heavy atom. The molecule has 5 nitrogen and oxygen atoms in total. The molecule has 0 unspecified atom stereocenters. The molecule has 0 radical (unpaired) electrons. The Hall–Kier alpha value is -0.620. The van der Waals surface area contributed by atoms with Crippen molar-refractivity contribution >= 4 is 15.9 Å². The van der Waals surface area contributed by atoms with E-state index in [1.54, 1.807) is 0 Å². The molecule has 1 saturated heterocycles. The summed E-state index contributed by atoms with van der Waals surface area (Å²) in [6.45, 7) is 2.22. The zero-order valence-electron chi connectivity index (χ0n) is 7.07. The highest BCUT2D eigenvalue weighted by molar-refractivity contribution is 7.88. The molecule has 6 heteroatoms. The molecule has 0 spiro atoms. The molecular formula is C6H12N2O3S. The Kier molecular flexibility index (Phi) is 2.39. The number of hydrogen-bond donors (Lipinski definition) is 1. The molecule has 70 valence electrons. The molecule has 1 aliphatic rings. The second-order valence-corrected chi connectivity index (χ2v) is 4.96. The number of rotatable bonds is 2. The lowest BCUT2D eigenvalue weighted by Crippen LogP contribution is -2.60. The van der Waals surface area contributed by atoms with Gasteiger partial charge in [0.05, 0.1) is 12.3 Å². The van der Waals surface area contributed by atoms with E-state index in [0.29, 0.717) is 13.1 Å². The highest BCUT2D eigenvalue weighted by Crippen LogP contribution is 2.11. The number of amides is 1. The van der Waals surface area contributed by atoms with Gasteiger partial charge in [0.15, 0.2) is 0 Å². The number of sulfonamides is 1. The fraction of sp³-hybridized carbons (Fsp3) is 0.833. The van der Waals surface area contributed by atoms with Crippen molar-refractivity contribution < 1.29 is 13.2 Å². The largest absolute Gasteiger partial charge is 0.351 e. The monoisotopic (exact) mass is 192 g/mol. The first kappa shape index (κ1) is 9.47. The number of hydrogen-bond acceptors (Lipinski definition) is 3. The smallest absolute Gasteiger partial charge is 0.217 e. The van der Waals surface area contributed by atoms with Crippen LogP contribution in [0, 0.1) is 0 Å². The maximum absolute atomic E-state index is 10.9. The quantitative estimate of drug-likeness (QED) is 0.595. The summed E-state index contributed by atoms with van der Waals surface area (Å²) in [7, 11) is -3.05. The molecule has 1 fully saturated rings. The molecule has 1 aliphatic heterocycles. The van der Waals surface area contributed by atoms with Gasteiger partial charge in [0, 0.05) is 20.0 Å². The molecule has 0 atom stereocenters. The molecule has 1 amide bonds. The molecule has 0 aliphatic carbocycles. The van der Waals surface area contributed by atoms with Crippen molar-refractivity contribution in [2.24, 2.45) is 0 Å². The molecule has 0 aromatic carbocycles. The number of carbonyl (C=O) groups is 1. The number of nitrogens with one attached hydrogen (secondary N) is 1. The van der Waals surface area contributed by atoms with Gasteiger partial charge in [-0.2, -0.15) is 4.31 Å². The van der Waals surface area contributed by atoms with Crippen molar-refractivity contribution in [1.82, 2.24) is 9.62 Å². The lowest BCUT2D eigenvalue weighted by atomic mass is 10.2. The summed E-state index contributed by atoms with van der Waals surface area (Å²) in [6.07, 6.45) is 1.16. The minimum absolute atomic E-state index is 0.00257. The van der Waals surface area contributed by atoms with Crippen molar-refractivity contribution in [2.45, 2.75) is 13.0 Å². The standard InChI is InChI=1S/C6H12N2O3S/c1-5(9)7-6-3-8(4-6)12(2,10)11/h6H,3-4H2,1-2H3,(H,7,9). The van der Waals surface area contributed by atoms with E-state index in [1.165, 1.54) is 11.2 Å². The summed E-state index contributed by atoms with van der Waals surface area (Å²) in [4.78, 5) is 10.5. The molecule has 1 heterocycles. The van der Waals surface area contributed by atoms with E-state index in [1.807, 2.05) is 0 Å². The SMILES string of the molecule is CC(=O)NC1CN(S(C)(=O)=O)C1. The first-order valence-corrected chi connectivity index (χ1v) is 5.46. The Morgan fingerprint density at radius 3 is 2.33 bits per heavy atom. The predicted octanol–water partition coefficient (Wildman–Crippen LogP) is -1.23. The van der Waals surface area contributed by atoms with Gasteiger partial charge in [0.1, 0.15) is 0 Å². The average Bonchev–Trinajstić information content (AvgIpc) is 1.73. The number of carbonyl (C=O) groups excluding carboxylic acids is 1. The normalized spacial score (nSPS) is 20.2. The topological polar surface area (TPSA) is 66.5 Å². The zero-order chi connectivity index (χ0) is 9.35. The van der Waals surface area contributed by atoms with Crippen LogP contribution < -0.4 is 5.32 Å². The fourth-order valence-corrected chi connectivity index (χ4v) is 1.99. The van der Waals surface area contributed by atoms with Crippen LogP contribution in [0.2, 0.25) is 0 Å². The van der Waals surface area contributed by atoms with Crippen molar-refractivity contribution in [3.63, 3.8) is 0 Å². The van der Waals surface area contributed by atoms with Crippen LogP contribution in [0.4, 0.5) is 0 Å². The first-order valence-electron chi connectivity index (χ1n) is 3.62. The van der Waals surface area contributed by atoms with Gasteiger partial charge in [-0.05, 0) is 0 Å². The lowest BCUT2D eigenvalue weighted by molar-refractivity contribution is -0.120. The maximum atomic E-state index is 10.9. The predicted molar refractivity (Wildman–Crippen MR) is 44.0 cm³/mol. The van der Waals surface area contributed by atoms with E-state index < -0.39 is 10.0 Å². The van der Waals surface area contributed by atoms with E-state index in [4.69, 9.17) is 0 Å². The molecule has 0 bridgehead atoms. The second kappa shape index (κ2) is 3.02. The number of nitrogens with zero attached hydrogens (tertiary/aromatic N) is 1. The van der Waals surface area contributed by atoms with Crippen LogP contribution in [0.15, 0.2) is 0 Å². The van der Waals surface area contributed by atoms with Gasteiger partial charge in [-0.3, -0.25) is 4.79 Å². The summed E-state index contributed by atoms with van der Waals surface area (Å²) < 4.78 is 23.0. The van der Waals surface area contributed by atoms with Crippen molar-refractivity contribution in [3.8, 4) is 0 Å². The Labute approximate surface area is 71.8 Å². The van der Waals surface area contributed by atoms with Crippen LogP contribution in [0.1, 0.15) is 6.92 Å². The minimum atomic E-state index is -3.05. The third-order valence-electron chi connectivity index (χ3n) is 1.72. The zero-order valence-corrected chi connectivity index (χ0v) is 7.89. The Bertz CT molecular complexity index is 279. The second-order valence-electron chi connectivity index (χ2n) is 2.98. The molecule has 1 N–H and O–H groups in total. The van der Waals surface area contributed by atoms with Gasteiger partial charge in [0.25, 0.3) is 0 Å². The van der Waals surface area contributed by atoms with Gasteiger partial charge in [-0.25, -0.2) is 8.42 Å².